The lowest BCUT2D eigenvalue weighted by Crippen LogP contribution is -2.28. The predicted molar refractivity (Wildman–Crippen MR) is 87.6 cm³/mol. The van der Waals surface area contributed by atoms with Crippen molar-refractivity contribution in [2.45, 2.75) is 45.1 Å². The smallest absolute Gasteiger partial charge is 0.0485 e. The van der Waals surface area contributed by atoms with Crippen LogP contribution in [-0.2, 0) is 6.42 Å². The minimum absolute atomic E-state index is 0.346. The highest BCUT2D eigenvalue weighted by Crippen LogP contribution is 2.40. The Morgan fingerprint density at radius 3 is 2.90 bits per heavy atom. The van der Waals surface area contributed by atoms with Crippen LogP contribution >= 0.6 is 0 Å². The van der Waals surface area contributed by atoms with E-state index in [0.717, 1.165) is 0 Å². The van der Waals surface area contributed by atoms with Crippen LogP contribution in [-0.4, -0.2) is 12.0 Å². The molecule has 1 aromatic carbocycles. The van der Waals surface area contributed by atoms with Crippen LogP contribution in [0, 0.1) is 13.8 Å². The lowest BCUT2D eigenvalue weighted by molar-refractivity contribution is 0.414. The Morgan fingerprint density at radius 1 is 1.24 bits per heavy atom. The molecule has 2 aromatic rings. The zero-order valence-electron chi connectivity index (χ0n) is 13.2. The lowest BCUT2D eigenvalue weighted by atomic mass is 9.78. The topological polar surface area (TPSA) is 24.9 Å². The summed E-state index contributed by atoms with van der Waals surface area (Å²) >= 11 is 0. The molecule has 0 bridgehead atoms. The second kappa shape index (κ2) is 5.98. The summed E-state index contributed by atoms with van der Waals surface area (Å²) in [5, 5.41) is 3.56. The Morgan fingerprint density at radius 2 is 2.10 bits per heavy atom. The van der Waals surface area contributed by atoms with Crippen molar-refractivity contribution < 1.29 is 0 Å². The molecule has 1 aliphatic rings. The molecule has 0 saturated heterocycles. The van der Waals surface area contributed by atoms with Crippen molar-refractivity contribution in [3.8, 4) is 0 Å². The van der Waals surface area contributed by atoms with Gasteiger partial charge in [-0.15, -0.1) is 0 Å². The third-order valence-corrected chi connectivity index (χ3v) is 4.72. The van der Waals surface area contributed by atoms with E-state index in [4.69, 9.17) is 4.98 Å². The van der Waals surface area contributed by atoms with Crippen LogP contribution < -0.4 is 5.32 Å². The molecule has 0 saturated carbocycles. The van der Waals surface area contributed by atoms with Gasteiger partial charge in [-0.25, -0.2) is 0 Å². The maximum Gasteiger partial charge on any atom is 0.0485 e. The summed E-state index contributed by atoms with van der Waals surface area (Å²) in [7, 11) is 2.07. The predicted octanol–water partition coefficient (Wildman–Crippen LogP) is 4.08. The Hall–Kier alpha value is -1.67. The number of benzene rings is 1. The number of aryl methyl sites for hydroxylation is 3. The van der Waals surface area contributed by atoms with E-state index in [0.29, 0.717) is 12.0 Å². The van der Waals surface area contributed by atoms with E-state index in [9.17, 15) is 0 Å². The van der Waals surface area contributed by atoms with E-state index in [-0.39, 0.29) is 0 Å². The number of hydrogen-bond acceptors (Lipinski definition) is 2. The summed E-state index contributed by atoms with van der Waals surface area (Å²) in [6, 6.07) is 11.4. The molecule has 0 radical (unpaired) electrons. The minimum Gasteiger partial charge on any atom is -0.312 e. The second-order valence-corrected chi connectivity index (χ2v) is 6.17. The van der Waals surface area contributed by atoms with Gasteiger partial charge in [0.2, 0.25) is 0 Å². The van der Waals surface area contributed by atoms with Gasteiger partial charge in [-0.2, -0.15) is 0 Å². The molecule has 1 aromatic heterocycles. The monoisotopic (exact) mass is 280 g/mol. The van der Waals surface area contributed by atoms with Crippen LogP contribution in [0.25, 0.3) is 0 Å². The van der Waals surface area contributed by atoms with Gasteiger partial charge in [-0.05, 0) is 62.9 Å². The molecule has 1 heterocycles. The minimum atomic E-state index is 0.346. The first-order chi connectivity index (χ1) is 10.2. The number of fused-ring (bicyclic) bond motifs is 1. The third kappa shape index (κ3) is 2.73. The van der Waals surface area contributed by atoms with Crippen molar-refractivity contribution in [2.75, 3.05) is 7.05 Å². The van der Waals surface area contributed by atoms with Gasteiger partial charge in [-0.1, -0.05) is 29.8 Å². The lowest BCUT2D eigenvalue weighted by Gasteiger charge is -2.32. The zero-order chi connectivity index (χ0) is 14.8. The number of aromatic nitrogens is 1. The van der Waals surface area contributed by atoms with Crippen LogP contribution in [0.15, 0.2) is 36.5 Å². The quantitative estimate of drug-likeness (QED) is 0.916. The molecule has 1 N–H and O–H groups in total. The molecule has 0 spiro atoms. The van der Waals surface area contributed by atoms with Gasteiger partial charge < -0.3 is 5.32 Å². The summed E-state index contributed by atoms with van der Waals surface area (Å²) in [5.74, 6) is 0.473. The number of nitrogens with zero attached hydrogens (tertiary/aromatic N) is 1. The Kier molecular flexibility index (Phi) is 4.07. The Labute approximate surface area is 127 Å². The van der Waals surface area contributed by atoms with Gasteiger partial charge in [0.25, 0.3) is 0 Å². The molecule has 21 heavy (non-hydrogen) atoms. The highest BCUT2D eigenvalue weighted by atomic mass is 14.9. The molecule has 2 nitrogen and oxygen atoms in total. The van der Waals surface area contributed by atoms with Crippen molar-refractivity contribution in [1.82, 2.24) is 10.3 Å². The van der Waals surface area contributed by atoms with E-state index < -0.39 is 0 Å². The van der Waals surface area contributed by atoms with Crippen molar-refractivity contribution in [1.29, 1.82) is 0 Å². The van der Waals surface area contributed by atoms with Gasteiger partial charge in [0.15, 0.2) is 0 Å². The number of pyridine rings is 1. The van der Waals surface area contributed by atoms with Gasteiger partial charge in [0.1, 0.15) is 0 Å². The maximum absolute atomic E-state index is 4.71. The van der Waals surface area contributed by atoms with Gasteiger partial charge >= 0.3 is 0 Å². The summed E-state index contributed by atoms with van der Waals surface area (Å²) in [6.07, 6.45) is 5.57. The van der Waals surface area contributed by atoms with E-state index in [1.807, 2.05) is 6.20 Å². The van der Waals surface area contributed by atoms with Crippen LogP contribution in [0.5, 0.6) is 0 Å². The molecule has 0 aliphatic heterocycles. The number of nitrogens with one attached hydrogen (secondary N) is 1. The van der Waals surface area contributed by atoms with Crippen LogP contribution in [0.3, 0.4) is 0 Å². The number of hydrogen-bond donors (Lipinski definition) is 1. The van der Waals surface area contributed by atoms with Crippen molar-refractivity contribution >= 4 is 0 Å². The molecular weight excluding hydrogens is 256 g/mol. The standard InChI is InChI=1S/C19H24N2/c1-13-9-10-14(2)17(12-13)19(20-3)16-8-4-6-15-7-5-11-21-18(15)16/h5,7,9-12,16,19-20H,4,6,8H2,1-3H3. The fraction of sp³-hybridized carbons (Fsp3) is 0.421. The van der Waals surface area contributed by atoms with Gasteiger partial charge in [0.05, 0.1) is 0 Å². The first kappa shape index (κ1) is 14.3. The molecule has 0 fully saturated rings. The largest absolute Gasteiger partial charge is 0.312 e. The summed E-state index contributed by atoms with van der Waals surface area (Å²) < 4.78 is 0. The first-order valence-electron chi connectivity index (χ1n) is 7.89. The van der Waals surface area contributed by atoms with Crippen LogP contribution in [0.1, 0.15) is 52.7 Å². The Bertz CT molecular complexity index is 633. The van der Waals surface area contributed by atoms with E-state index in [1.165, 1.54) is 47.2 Å². The maximum atomic E-state index is 4.71. The SMILES string of the molecule is CNC(c1cc(C)ccc1C)C1CCCc2cccnc21. The molecule has 2 atom stereocenters. The molecule has 1 aliphatic carbocycles. The zero-order valence-corrected chi connectivity index (χ0v) is 13.2. The second-order valence-electron chi connectivity index (χ2n) is 6.17. The highest BCUT2D eigenvalue weighted by Gasteiger charge is 2.29. The Balaban J connectivity index is 2.03. The van der Waals surface area contributed by atoms with Crippen molar-refractivity contribution in [3.63, 3.8) is 0 Å². The number of likely N-dealkylation sites (N-methyl/N-ethyl adjacent to an activating group) is 1. The highest BCUT2D eigenvalue weighted by molar-refractivity contribution is 5.37. The molecule has 2 heteroatoms. The number of rotatable bonds is 3. The molecule has 3 rings (SSSR count). The fourth-order valence-electron chi connectivity index (χ4n) is 3.64. The fourth-order valence-corrected chi connectivity index (χ4v) is 3.64. The summed E-state index contributed by atoms with van der Waals surface area (Å²) in [6.45, 7) is 4.38. The normalized spacial score (nSPS) is 19.1. The van der Waals surface area contributed by atoms with E-state index in [1.54, 1.807) is 0 Å². The van der Waals surface area contributed by atoms with E-state index >= 15 is 0 Å². The van der Waals surface area contributed by atoms with Gasteiger partial charge in [-0.3, -0.25) is 4.98 Å². The average molecular weight is 280 g/mol. The van der Waals surface area contributed by atoms with Crippen LogP contribution in [0.4, 0.5) is 0 Å². The van der Waals surface area contributed by atoms with E-state index in [2.05, 4.69) is 56.5 Å². The first-order valence-corrected chi connectivity index (χ1v) is 7.89. The third-order valence-electron chi connectivity index (χ3n) is 4.72. The average Bonchev–Trinajstić information content (AvgIpc) is 2.51. The summed E-state index contributed by atoms with van der Waals surface area (Å²) in [5.41, 5.74) is 6.83. The van der Waals surface area contributed by atoms with Gasteiger partial charge in [0, 0.05) is 23.9 Å². The van der Waals surface area contributed by atoms with Crippen molar-refractivity contribution in [3.05, 3.63) is 64.5 Å². The van der Waals surface area contributed by atoms with Crippen LogP contribution in [0.2, 0.25) is 0 Å². The summed E-state index contributed by atoms with van der Waals surface area (Å²) in [4.78, 5) is 4.71. The molecule has 110 valence electrons. The van der Waals surface area contributed by atoms with Crippen molar-refractivity contribution in [2.24, 2.45) is 0 Å². The molecular formula is C19H24N2. The molecule has 2 unspecified atom stereocenters. The molecule has 0 amide bonds.